The van der Waals surface area contributed by atoms with Crippen molar-refractivity contribution in [3.05, 3.63) is 65.9 Å². The summed E-state index contributed by atoms with van der Waals surface area (Å²) < 4.78 is 1.92. The van der Waals surface area contributed by atoms with Gasteiger partial charge in [-0.05, 0) is 36.2 Å². The first-order chi connectivity index (χ1) is 9.16. The van der Waals surface area contributed by atoms with Crippen molar-refractivity contribution < 1.29 is 9.90 Å². The van der Waals surface area contributed by atoms with Crippen LogP contribution in [0.4, 0.5) is 0 Å². The third-order valence-electron chi connectivity index (χ3n) is 3.23. The third-order valence-corrected chi connectivity index (χ3v) is 3.23. The highest BCUT2D eigenvalue weighted by Gasteiger charge is 2.15. The summed E-state index contributed by atoms with van der Waals surface area (Å²) in [7, 11) is 0. The molecule has 1 N–H and O–H groups in total. The van der Waals surface area contributed by atoms with Crippen molar-refractivity contribution in [3.8, 4) is 11.3 Å². The Morgan fingerprint density at radius 3 is 2.53 bits per heavy atom. The van der Waals surface area contributed by atoms with Crippen molar-refractivity contribution >= 4 is 11.5 Å². The molecule has 0 spiro atoms. The number of nitrogens with zero attached hydrogens (tertiary/aromatic N) is 1. The maximum atomic E-state index is 11.4. The van der Waals surface area contributed by atoms with E-state index in [9.17, 15) is 9.90 Å². The normalized spacial score (nSPS) is 10.8. The van der Waals surface area contributed by atoms with Gasteiger partial charge in [-0.25, -0.2) is 4.79 Å². The van der Waals surface area contributed by atoms with E-state index in [2.05, 4.69) is 0 Å². The van der Waals surface area contributed by atoms with Crippen LogP contribution in [0.1, 0.15) is 15.9 Å². The number of aryl methyl sites for hydroxylation is 1. The van der Waals surface area contributed by atoms with Crippen molar-refractivity contribution in [2.75, 3.05) is 0 Å². The average Bonchev–Trinajstić information content (AvgIpc) is 2.78. The molecule has 0 amide bonds. The maximum Gasteiger partial charge on any atom is 0.337 e. The second-order valence-corrected chi connectivity index (χ2v) is 4.57. The molecule has 0 bridgehead atoms. The van der Waals surface area contributed by atoms with Gasteiger partial charge in [0, 0.05) is 6.20 Å². The minimum Gasteiger partial charge on any atom is -0.478 e. The molecule has 3 nitrogen and oxygen atoms in total. The van der Waals surface area contributed by atoms with Crippen molar-refractivity contribution in [2.45, 2.75) is 6.92 Å². The summed E-state index contributed by atoms with van der Waals surface area (Å²) >= 11 is 0. The lowest BCUT2D eigenvalue weighted by Gasteiger charge is -2.03. The number of carboxylic acids is 1. The molecule has 0 aliphatic carbocycles. The minimum absolute atomic E-state index is 0.336. The number of carbonyl (C=O) groups is 1. The average molecular weight is 251 g/mol. The van der Waals surface area contributed by atoms with Gasteiger partial charge < -0.3 is 9.51 Å². The van der Waals surface area contributed by atoms with Gasteiger partial charge in [0.25, 0.3) is 0 Å². The zero-order valence-corrected chi connectivity index (χ0v) is 10.5. The first kappa shape index (κ1) is 11.5. The first-order valence-electron chi connectivity index (χ1n) is 6.07. The summed E-state index contributed by atoms with van der Waals surface area (Å²) in [6.45, 7) is 1.96. The van der Waals surface area contributed by atoms with Crippen LogP contribution in [-0.4, -0.2) is 15.5 Å². The van der Waals surface area contributed by atoms with Gasteiger partial charge in [-0.15, -0.1) is 0 Å². The van der Waals surface area contributed by atoms with Crippen LogP contribution in [0.25, 0.3) is 16.8 Å². The number of carboxylic acid groups (broad SMARTS) is 1. The smallest absolute Gasteiger partial charge is 0.337 e. The number of rotatable bonds is 2. The zero-order valence-electron chi connectivity index (χ0n) is 10.5. The van der Waals surface area contributed by atoms with Gasteiger partial charge in [-0.1, -0.05) is 30.3 Å². The summed E-state index contributed by atoms with van der Waals surface area (Å²) in [5, 5.41) is 9.32. The fourth-order valence-corrected chi connectivity index (χ4v) is 2.31. The number of aromatic nitrogens is 1. The van der Waals surface area contributed by atoms with Crippen LogP contribution >= 0.6 is 0 Å². The summed E-state index contributed by atoms with van der Waals surface area (Å²) in [6, 6.07) is 15.4. The van der Waals surface area contributed by atoms with E-state index in [1.54, 1.807) is 6.07 Å². The molecule has 1 aromatic carbocycles. The lowest BCUT2D eigenvalue weighted by atomic mass is 10.1. The molecule has 3 aromatic rings. The number of aromatic carboxylic acids is 1. The summed E-state index contributed by atoms with van der Waals surface area (Å²) in [5.74, 6) is -0.898. The molecule has 0 saturated heterocycles. The minimum atomic E-state index is -0.898. The van der Waals surface area contributed by atoms with E-state index in [-0.39, 0.29) is 0 Å². The predicted molar refractivity (Wildman–Crippen MR) is 74.5 cm³/mol. The zero-order chi connectivity index (χ0) is 13.4. The van der Waals surface area contributed by atoms with Crippen LogP contribution in [-0.2, 0) is 0 Å². The molecule has 0 radical (unpaired) electrons. The highest BCUT2D eigenvalue weighted by molar-refractivity contribution is 5.98. The Labute approximate surface area is 110 Å². The maximum absolute atomic E-state index is 11.4. The van der Waals surface area contributed by atoms with Crippen molar-refractivity contribution in [1.82, 2.24) is 4.40 Å². The van der Waals surface area contributed by atoms with Gasteiger partial charge in [0.2, 0.25) is 0 Å². The molecule has 0 aliphatic rings. The lowest BCUT2D eigenvalue weighted by Crippen LogP contribution is -1.95. The van der Waals surface area contributed by atoms with Crippen molar-refractivity contribution in [2.24, 2.45) is 0 Å². The van der Waals surface area contributed by atoms with Crippen LogP contribution in [0, 0.1) is 6.92 Å². The molecule has 3 rings (SSSR count). The van der Waals surface area contributed by atoms with Gasteiger partial charge in [0.1, 0.15) is 0 Å². The summed E-state index contributed by atoms with van der Waals surface area (Å²) in [4.78, 5) is 11.4. The monoisotopic (exact) mass is 251 g/mol. The van der Waals surface area contributed by atoms with Crippen LogP contribution in [0.15, 0.2) is 54.7 Å². The van der Waals surface area contributed by atoms with Gasteiger partial charge in [0.05, 0.1) is 16.8 Å². The SMILES string of the molecule is Cc1ccn2c(-c3ccccc3)cc(C(=O)O)c2c1. The summed E-state index contributed by atoms with van der Waals surface area (Å²) in [6.07, 6.45) is 1.92. The predicted octanol–water partition coefficient (Wildman–Crippen LogP) is 3.61. The molecule has 0 fully saturated rings. The largest absolute Gasteiger partial charge is 0.478 e. The Morgan fingerprint density at radius 1 is 1.11 bits per heavy atom. The van der Waals surface area contributed by atoms with Crippen molar-refractivity contribution in [3.63, 3.8) is 0 Å². The Morgan fingerprint density at radius 2 is 1.84 bits per heavy atom. The fraction of sp³-hybridized carbons (Fsp3) is 0.0625. The quantitative estimate of drug-likeness (QED) is 0.756. The summed E-state index contributed by atoms with van der Waals surface area (Å²) in [5.41, 5.74) is 4.02. The topological polar surface area (TPSA) is 41.7 Å². The third kappa shape index (κ3) is 1.89. The number of fused-ring (bicyclic) bond motifs is 1. The highest BCUT2D eigenvalue weighted by Crippen LogP contribution is 2.26. The van der Waals surface area contributed by atoms with E-state index in [4.69, 9.17) is 0 Å². The molecule has 3 heteroatoms. The highest BCUT2D eigenvalue weighted by atomic mass is 16.4. The molecule has 19 heavy (non-hydrogen) atoms. The number of benzene rings is 1. The second-order valence-electron chi connectivity index (χ2n) is 4.57. The van der Waals surface area contributed by atoms with E-state index in [1.165, 1.54) is 0 Å². The van der Waals surface area contributed by atoms with Crippen molar-refractivity contribution in [1.29, 1.82) is 0 Å². The van der Waals surface area contributed by atoms with E-state index in [0.29, 0.717) is 5.56 Å². The number of hydrogen-bond donors (Lipinski definition) is 1. The standard InChI is InChI=1S/C16H13NO2/c1-11-7-8-17-14(12-5-3-2-4-6-12)10-13(16(18)19)15(17)9-11/h2-10H,1H3,(H,18,19). The molecule has 0 unspecified atom stereocenters. The Balaban J connectivity index is 2.35. The first-order valence-corrected chi connectivity index (χ1v) is 6.07. The van der Waals surface area contributed by atoms with Crippen LogP contribution in [0.2, 0.25) is 0 Å². The lowest BCUT2D eigenvalue weighted by molar-refractivity contribution is 0.0699. The molecule has 94 valence electrons. The number of hydrogen-bond acceptors (Lipinski definition) is 1. The van der Waals surface area contributed by atoms with Gasteiger partial charge >= 0.3 is 5.97 Å². The van der Waals surface area contributed by atoms with Gasteiger partial charge in [-0.3, -0.25) is 0 Å². The molecule has 0 saturated carbocycles. The van der Waals surface area contributed by atoms with E-state index in [1.807, 2.05) is 60.0 Å². The Kier molecular flexibility index (Phi) is 2.60. The molecule has 2 aromatic heterocycles. The molecule has 2 heterocycles. The van der Waals surface area contributed by atoms with E-state index < -0.39 is 5.97 Å². The van der Waals surface area contributed by atoms with Gasteiger partial charge in [-0.2, -0.15) is 0 Å². The molecular weight excluding hydrogens is 238 g/mol. The van der Waals surface area contributed by atoms with Gasteiger partial charge in [0.15, 0.2) is 0 Å². The Bertz CT molecular complexity index is 757. The molecule has 0 aliphatic heterocycles. The van der Waals surface area contributed by atoms with Crippen LogP contribution in [0.5, 0.6) is 0 Å². The van der Waals surface area contributed by atoms with Crippen LogP contribution in [0.3, 0.4) is 0 Å². The number of pyridine rings is 1. The molecule has 0 atom stereocenters. The van der Waals surface area contributed by atoms with E-state index in [0.717, 1.165) is 22.3 Å². The van der Waals surface area contributed by atoms with E-state index >= 15 is 0 Å². The fourth-order valence-electron chi connectivity index (χ4n) is 2.31. The second kappa shape index (κ2) is 4.28. The van der Waals surface area contributed by atoms with Crippen LogP contribution < -0.4 is 0 Å². The molecular formula is C16H13NO2. The Hall–Kier alpha value is -2.55.